The van der Waals surface area contributed by atoms with Crippen LogP contribution < -0.4 is 9.62 Å². The zero-order valence-electron chi connectivity index (χ0n) is 17.6. The predicted octanol–water partition coefficient (Wildman–Crippen LogP) is 3.35. The lowest BCUT2D eigenvalue weighted by atomic mass is 10.0. The minimum absolute atomic E-state index is 0.00915. The second-order valence-corrected chi connectivity index (χ2v) is 8.84. The van der Waals surface area contributed by atoms with E-state index >= 15 is 0 Å². The van der Waals surface area contributed by atoms with Crippen molar-refractivity contribution < 1.29 is 31.5 Å². The zero-order valence-corrected chi connectivity index (χ0v) is 18.4. The van der Waals surface area contributed by atoms with Gasteiger partial charge in [0.2, 0.25) is 10.0 Å². The highest BCUT2D eigenvalue weighted by molar-refractivity contribution is 7.92. The van der Waals surface area contributed by atoms with Gasteiger partial charge in [-0.3, -0.25) is 4.72 Å². The molecule has 0 fully saturated rings. The van der Waals surface area contributed by atoms with E-state index in [1.807, 2.05) is 0 Å². The van der Waals surface area contributed by atoms with E-state index in [0.717, 1.165) is 10.9 Å². The van der Waals surface area contributed by atoms with Gasteiger partial charge in [0.25, 0.3) is 0 Å². The third-order valence-corrected chi connectivity index (χ3v) is 5.13. The first-order valence-electron chi connectivity index (χ1n) is 9.29. The monoisotopic (exact) mass is 484 g/mol. The number of alkyl halides is 3. The van der Waals surface area contributed by atoms with E-state index in [1.165, 1.54) is 56.4 Å². The number of sulfonamides is 1. The van der Waals surface area contributed by atoms with Crippen molar-refractivity contribution in [3.63, 3.8) is 0 Å². The van der Waals surface area contributed by atoms with Crippen molar-refractivity contribution in [1.82, 2.24) is 20.0 Å². The van der Waals surface area contributed by atoms with E-state index < -0.39 is 34.2 Å². The van der Waals surface area contributed by atoms with E-state index in [2.05, 4.69) is 20.0 Å². The van der Waals surface area contributed by atoms with E-state index in [9.17, 15) is 31.5 Å². The van der Waals surface area contributed by atoms with Crippen LogP contribution in [0.5, 0.6) is 0 Å². The molecular formula is C19H19F3N6O4S. The fourth-order valence-corrected chi connectivity index (χ4v) is 3.85. The molecule has 2 N–H and O–H groups in total. The molecule has 0 aliphatic carbocycles. The average molecular weight is 484 g/mol. The fourth-order valence-electron chi connectivity index (χ4n) is 3.23. The van der Waals surface area contributed by atoms with Crippen LogP contribution in [0.3, 0.4) is 0 Å². The summed E-state index contributed by atoms with van der Waals surface area (Å²) in [6.45, 7) is 1.48. The standard InChI is InChI=1S/C19H19F3N6O4S/c1-11-13(25-33(3,31)32)9-10-14(23-11)15-17(27(2)26-24-15)28(18(29)30)16(19(20,21)22)12-7-5-4-6-8-12/h4-10,16,25H,1-3H3,(H,29,30). The Morgan fingerprint density at radius 2 is 1.82 bits per heavy atom. The summed E-state index contributed by atoms with van der Waals surface area (Å²) in [5.41, 5.74) is -0.156. The lowest BCUT2D eigenvalue weighted by Gasteiger charge is -2.31. The number of hydrogen-bond donors (Lipinski definition) is 2. The summed E-state index contributed by atoms with van der Waals surface area (Å²) in [4.78, 5) is 16.5. The molecule has 0 saturated heterocycles. The molecule has 10 nitrogen and oxygen atoms in total. The molecule has 1 unspecified atom stereocenters. The Hall–Kier alpha value is -3.68. The van der Waals surface area contributed by atoms with Gasteiger partial charge >= 0.3 is 12.3 Å². The van der Waals surface area contributed by atoms with Crippen molar-refractivity contribution in [1.29, 1.82) is 0 Å². The molecule has 14 heteroatoms. The number of aryl methyl sites for hydroxylation is 2. The Morgan fingerprint density at radius 3 is 2.33 bits per heavy atom. The van der Waals surface area contributed by atoms with Gasteiger partial charge in [-0.25, -0.2) is 27.8 Å². The molecule has 33 heavy (non-hydrogen) atoms. The van der Waals surface area contributed by atoms with E-state index in [-0.39, 0.29) is 33.2 Å². The largest absolute Gasteiger partial charge is 0.465 e. The molecule has 1 amide bonds. The first-order valence-corrected chi connectivity index (χ1v) is 11.2. The van der Waals surface area contributed by atoms with Crippen LogP contribution in [0.1, 0.15) is 17.3 Å². The average Bonchev–Trinajstić information content (AvgIpc) is 3.07. The topological polar surface area (TPSA) is 130 Å². The molecule has 176 valence electrons. The van der Waals surface area contributed by atoms with Gasteiger partial charge in [0, 0.05) is 7.05 Å². The maximum Gasteiger partial charge on any atom is 0.413 e. The van der Waals surface area contributed by atoms with Crippen molar-refractivity contribution in [3.05, 3.63) is 53.7 Å². The molecule has 0 aliphatic rings. The van der Waals surface area contributed by atoms with E-state index in [1.54, 1.807) is 0 Å². The molecule has 2 heterocycles. The van der Waals surface area contributed by atoms with E-state index in [0.29, 0.717) is 0 Å². The second kappa shape index (κ2) is 8.69. The van der Waals surface area contributed by atoms with Gasteiger partial charge in [-0.05, 0) is 24.6 Å². The number of amides is 1. The summed E-state index contributed by atoms with van der Waals surface area (Å²) in [6, 6.07) is 6.71. The van der Waals surface area contributed by atoms with Gasteiger partial charge < -0.3 is 5.11 Å². The van der Waals surface area contributed by atoms with Gasteiger partial charge in [0.05, 0.1) is 23.3 Å². The Kier molecular flexibility index (Phi) is 6.31. The maximum atomic E-state index is 14.1. The van der Waals surface area contributed by atoms with Crippen LogP contribution >= 0.6 is 0 Å². The number of anilines is 2. The number of benzene rings is 1. The van der Waals surface area contributed by atoms with Crippen LogP contribution in [-0.4, -0.2) is 52.0 Å². The van der Waals surface area contributed by atoms with Crippen LogP contribution in [0.4, 0.5) is 29.5 Å². The van der Waals surface area contributed by atoms with Crippen molar-refractivity contribution in [2.45, 2.75) is 19.1 Å². The molecule has 2 aromatic heterocycles. The van der Waals surface area contributed by atoms with Crippen LogP contribution in [0.15, 0.2) is 42.5 Å². The number of aromatic nitrogens is 4. The summed E-state index contributed by atoms with van der Waals surface area (Å²) >= 11 is 0. The first-order chi connectivity index (χ1) is 15.3. The number of halogens is 3. The second-order valence-electron chi connectivity index (χ2n) is 7.10. The van der Waals surface area contributed by atoms with Crippen molar-refractivity contribution in [3.8, 4) is 11.4 Å². The van der Waals surface area contributed by atoms with Gasteiger partial charge in [0.1, 0.15) is 0 Å². The van der Waals surface area contributed by atoms with Crippen molar-refractivity contribution >= 4 is 27.6 Å². The fraction of sp³-hybridized carbons (Fsp3) is 0.263. The Bertz CT molecular complexity index is 1280. The van der Waals surface area contributed by atoms with Crippen molar-refractivity contribution in [2.75, 3.05) is 15.9 Å². The number of pyridine rings is 1. The normalized spacial score (nSPS) is 12.9. The highest BCUT2D eigenvalue weighted by Crippen LogP contribution is 2.42. The quantitative estimate of drug-likeness (QED) is 0.549. The number of rotatable bonds is 6. The summed E-state index contributed by atoms with van der Waals surface area (Å²) in [7, 11) is -2.34. The molecule has 1 aromatic carbocycles. The third-order valence-electron chi connectivity index (χ3n) is 4.54. The number of hydrogen-bond acceptors (Lipinski definition) is 6. The number of nitrogens with zero attached hydrogens (tertiary/aromatic N) is 5. The highest BCUT2D eigenvalue weighted by Gasteiger charge is 2.49. The SMILES string of the molecule is Cc1nc(-c2nnn(C)c2N(C(=O)O)C(c2ccccc2)C(F)(F)F)ccc1NS(C)(=O)=O. The Labute approximate surface area is 186 Å². The number of carboxylic acid groups (broad SMARTS) is 1. The smallest absolute Gasteiger partial charge is 0.413 e. The summed E-state index contributed by atoms with van der Waals surface area (Å²) in [6.07, 6.45) is -5.89. The zero-order chi connectivity index (χ0) is 24.6. The summed E-state index contributed by atoms with van der Waals surface area (Å²) in [5, 5.41) is 17.4. The molecule has 1 atom stereocenters. The molecule has 0 radical (unpaired) electrons. The Morgan fingerprint density at radius 1 is 1.18 bits per heavy atom. The third kappa shape index (κ3) is 5.22. The minimum Gasteiger partial charge on any atom is -0.465 e. The van der Waals surface area contributed by atoms with Crippen LogP contribution in [0, 0.1) is 6.92 Å². The van der Waals surface area contributed by atoms with E-state index in [4.69, 9.17) is 0 Å². The van der Waals surface area contributed by atoms with Gasteiger partial charge in [-0.1, -0.05) is 35.5 Å². The molecule has 0 saturated carbocycles. The van der Waals surface area contributed by atoms with Crippen LogP contribution in [-0.2, 0) is 17.1 Å². The highest BCUT2D eigenvalue weighted by atomic mass is 32.2. The lowest BCUT2D eigenvalue weighted by molar-refractivity contribution is -0.149. The van der Waals surface area contributed by atoms with Gasteiger partial charge in [0.15, 0.2) is 17.6 Å². The maximum absolute atomic E-state index is 14.1. The van der Waals surface area contributed by atoms with Gasteiger partial charge in [-0.2, -0.15) is 13.2 Å². The summed E-state index contributed by atoms with van der Waals surface area (Å²) in [5.74, 6) is -0.454. The van der Waals surface area contributed by atoms with Crippen molar-refractivity contribution in [2.24, 2.45) is 7.05 Å². The molecule has 0 aliphatic heterocycles. The predicted molar refractivity (Wildman–Crippen MR) is 113 cm³/mol. The first kappa shape index (κ1) is 24.0. The minimum atomic E-state index is -4.96. The van der Waals surface area contributed by atoms with Gasteiger partial charge in [-0.15, -0.1) is 5.10 Å². The Balaban J connectivity index is 2.18. The lowest BCUT2D eigenvalue weighted by Crippen LogP contribution is -2.43. The molecule has 3 aromatic rings. The molecule has 0 spiro atoms. The molecule has 0 bridgehead atoms. The number of carbonyl (C=O) groups is 1. The molecular weight excluding hydrogens is 465 g/mol. The summed E-state index contributed by atoms with van der Waals surface area (Å²) < 4.78 is 68.5. The molecule has 3 rings (SSSR count). The van der Waals surface area contributed by atoms with Crippen LogP contribution in [0.25, 0.3) is 11.4 Å². The number of nitrogens with one attached hydrogen (secondary N) is 1. The van der Waals surface area contributed by atoms with Crippen LogP contribution in [0.2, 0.25) is 0 Å².